The number of ether oxygens (including phenoxy) is 1. The number of hydrogen-bond donors (Lipinski definition) is 0. The van der Waals surface area contributed by atoms with Gasteiger partial charge in [-0.2, -0.15) is 0 Å². The molecule has 2 nitrogen and oxygen atoms in total. The topological polar surface area (TPSA) is 26.3 Å². The van der Waals surface area contributed by atoms with Gasteiger partial charge >= 0.3 is 5.97 Å². The fourth-order valence-electron chi connectivity index (χ4n) is 1.75. The second kappa shape index (κ2) is 5.12. The molecular formula is C13H14O2S. The standard InChI is InChI=1S/C13H14O2S/c1-15-13(14)8-4-5-10-9-16-12-7-3-2-6-11(10)12/h2-3,6-7,9H,4-5,8H2,1H3. The summed E-state index contributed by atoms with van der Waals surface area (Å²) in [4.78, 5) is 11.0. The Morgan fingerprint density at radius 2 is 2.19 bits per heavy atom. The zero-order valence-electron chi connectivity index (χ0n) is 9.23. The number of methoxy groups -OCH3 is 1. The van der Waals surface area contributed by atoms with Gasteiger partial charge in [-0.15, -0.1) is 11.3 Å². The molecular weight excluding hydrogens is 220 g/mol. The molecule has 0 aliphatic carbocycles. The van der Waals surface area contributed by atoms with Crippen molar-refractivity contribution >= 4 is 27.4 Å². The van der Waals surface area contributed by atoms with E-state index in [1.807, 2.05) is 0 Å². The fourth-order valence-corrected chi connectivity index (χ4v) is 2.75. The minimum Gasteiger partial charge on any atom is -0.469 e. The van der Waals surface area contributed by atoms with E-state index in [0.717, 1.165) is 12.8 Å². The number of aryl methyl sites for hydroxylation is 1. The van der Waals surface area contributed by atoms with Crippen LogP contribution < -0.4 is 0 Å². The number of carbonyl (C=O) groups is 1. The zero-order valence-corrected chi connectivity index (χ0v) is 10.0. The molecule has 0 saturated heterocycles. The lowest BCUT2D eigenvalue weighted by Crippen LogP contribution is -2.00. The number of esters is 1. The first-order valence-corrected chi connectivity index (χ1v) is 6.21. The van der Waals surface area contributed by atoms with Crippen LogP contribution in [0.3, 0.4) is 0 Å². The van der Waals surface area contributed by atoms with Gasteiger partial charge in [0.1, 0.15) is 0 Å². The Balaban J connectivity index is 2.02. The van der Waals surface area contributed by atoms with Gasteiger partial charge in [-0.05, 0) is 35.2 Å². The van der Waals surface area contributed by atoms with Crippen molar-refractivity contribution in [1.82, 2.24) is 0 Å². The second-order valence-corrected chi connectivity index (χ2v) is 4.60. The second-order valence-electron chi connectivity index (χ2n) is 3.69. The summed E-state index contributed by atoms with van der Waals surface area (Å²) >= 11 is 1.76. The number of hydrogen-bond acceptors (Lipinski definition) is 3. The smallest absolute Gasteiger partial charge is 0.305 e. The van der Waals surface area contributed by atoms with E-state index in [-0.39, 0.29) is 5.97 Å². The number of rotatable bonds is 4. The van der Waals surface area contributed by atoms with E-state index >= 15 is 0 Å². The van der Waals surface area contributed by atoms with Crippen molar-refractivity contribution in [2.45, 2.75) is 19.3 Å². The average molecular weight is 234 g/mol. The van der Waals surface area contributed by atoms with Crippen LogP contribution in [0.15, 0.2) is 29.6 Å². The third-order valence-corrected chi connectivity index (χ3v) is 3.63. The number of fused-ring (bicyclic) bond motifs is 1. The first kappa shape index (κ1) is 11.1. The summed E-state index contributed by atoms with van der Waals surface area (Å²) in [5.74, 6) is -0.125. The molecule has 0 aliphatic rings. The van der Waals surface area contributed by atoms with Crippen molar-refractivity contribution in [3.63, 3.8) is 0 Å². The fraction of sp³-hybridized carbons (Fsp3) is 0.308. The van der Waals surface area contributed by atoms with Gasteiger partial charge in [0.25, 0.3) is 0 Å². The predicted molar refractivity (Wildman–Crippen MR) is 66.8 cm³/mol. The van der Waals surface area contributed by atoms with Gasteiger partial charge in [-0.25, -0.2) is 0 Å². The van der Waals surface area contributed by atoms with Gasteiger partial charge in [0, 0.05) is 11.1 Å². The molecule has 2 rings (SSSR count). The minimum absolute atomic E-state index is 0.125. The Labute approximate surface area is 98.9 Å². The monoisotopic (exact) mass is 234 g/mol. The molecule has 0 spiro atoms. The van der Waals surface area contributed by atoms with Crippen LogP contribution in [-0.4, -0.2) is 13.1 Å². The Bertz CT molecular complexity index is 487. The van der Waals surface area contributed by atoms with Crippen molar-refractivity contribution in [3.8, 4) is 0 Å². The van der Waals surface area contributed by atoms with Crippen molar-refractivity contribution < 1.29 is 9.53 Å². The molecule has 1 heterocycles. The molecule has 0 saturated carbocycles. The lowest BCUT2D eigenvalue weighted by atomic mass is 10.1. The van der Waals surface area contributed by atoms with Crippen molar-refractivity contribution in [3.05, 3.63) is 35.2 Å². The van der Waals surface area contributed by atoms with Gasteiger partial charge < -0.3 is 4.74 Å². The van der Waals surface area contributed by atoms with E-state index in [2.05, 4.69) is 34.4 Å². The molecule has 1 aromatic heterocycles. The van der Waals surface area contributed by atoms with Crippen LogP contribution in [-0.2, 0) is 16.0 Å². The first-order valence-electron chi connectivity index (χ1n) is 5.33. The highest BCUT2D eigenvalue weighted by Gasteiger charge is 2.05. The van der Waals surface area contributed by atoms with Gasteiger partial charge in [0.05, 0.1) is 7.11 Å². The molecule has 0 N–H and O–H groups in total. The van der Waals surface area contributed by atoms with Crippen LogP contribution in [0.25, 0.3) is 10.1 Å². The first-order chi connectivity index (χ1) is 7.81. The highest BCUT2D eigenvalue weighted by molar-refractivity contribution is 7.17. The van der Waals surface area contributed by atoms with Crippen LogP contribution in [0.5, 0.6) is 0 Å². The molecule has 0 bridgehead atoms. The zero-order chi connectivity index (χ0) is 11.4. The summed E-state index contributed by atoms with van der Waals surface area (Å²) < 4.78 is 5.94. The van der Waals surface area contributed by atoms with Gasteiger partial charge in [0.15, 0.2) is 0 Å². The molecule has 1 aromatic carbocycles. The normalized spacial score (nSPS) is 10.6. The van der Waals surface area contributed by atoms with E-state index < -0.39 is 0 Å². The Hall–Kier alpha value is -1.35. The van der Waals surface area contributed by atoms with Crippen molar-refractivity contribution in [2.75, 3.05) is 7.11 Å². The molecule has 0 amide bonds. The quantitative estimate of drug-likeness (QED) is 0.758. The maximum Gasteiger partial charge on any atom is 0.305 e. The summed E-state index contributed by atoms with van der Waals surface area (Å²) in [5, 5.41) is 3.50. The van der Waals surface area contributed by atoms with Crippen LogP contribution >= 0.6 is 11.3 Å². The molecule has 0 aliphatic heterocycles. The highest BCUT2D eigenvalue weighted by atomic mass is 32.1. The highest BCUT2D eigenvalue weighted by Crippen LogP contribution is 2.26. The largest absolute Gasteiger partial charge is 0.469 e. The molecule has 84 valence electrons. The maximum atomic E-state index is 11.0. The van der Waals surface area contributed by atoms with Crippen LogP contribution in [0, 0.1) is 0 Å². The van der Waals surface area contributed by atoms with Gasteiger partial charge in [-0.1, -0.05) is 18.2 Å². The number of benzene rings is 1. The van der Waals surface area contributed by atoms with E-state index in [4.69, 9.17) is 0 Å². The lowest BCUT2D eigenvalue weighted by Gasteiger charge is -1.99. The Morgan fingerprint density at radius 1 is 1.38 bits per heavy atom. The maximum absolute atomic E-state index is 11.0. The minimum atomic E-state index is -0.125. The molecule has 3 heteroatoms. The third kappa shape index (κ3) is 2.42. The molecule has 0 fully saturated rings. The summed E-state index contributed by atoms with van der Waals surface area (Å²) in [5.41, 5.74) is 1.34. The van der Waals surface area contributed by atoms with Crippen molar-refractivity contribution in [2.24, 2.45) is 0 Å². The average Bonchev–Trinajstić information content (AvgIpc) is 2.73. The van der Waals surface area contributed by atoms with Crippen LogP contribution in [0.1, 0.15) is 18.4 Å². The van der Waals surface area contributed by atoms with Gasteiger partial charge in [-0.3, -0.25) is 4.79 Å². The third-order valence-electron chi connectivity index (χ3n) is 2.62. The van der Waals surface area contributed by atoms with E-state index in [9.17, 15) is 4.79 Å². The van der Waals surface area contributed by atoms with Crippen LogP contribution in [0.2, 0.25) is 0 Å². The summed E-state index contributed by atoms with van der Waals surface area (Å²) in [6, 6.07) is 8.37. The predicted octanol–water partition coefficient (Wildman–Crippen LogP) is 3.40. The van der Waals surface area contributed by atoms with E-state index in [1.54, 1.807) is 11.3 Å². The Morgan fingerprint density at radius 3 is 3.00 bits per heavy atom. The van der Waals surface area contributed by atoms with E-state index in [0.29, 0.717) is 6.42 Å². The number of thiophene rings is 1. The van der Waals surface area contributed by atoms with Crippen LogP contribution in [0.4, 0.5) is 0 Å². The molecule has 16 heavy (non-hydrogen) atoms. The van der Waals surface area contributed by atoms with Gasteiger partial charge in [0.2, 0.25) is 0 Å². The SMILES string of the molecule is COC(=O)CCCc1csc2ccccc12. The molecule has 0 radical (unpaired) electrons. The molecule has 2 aromatic rings. The van der Waals surface area contributed by atoms with Crippen molar-refractivity contribution in [1.29, 1.82) is 0 Å². The molecule has 0 unspecified atom stereocenters. The summed E-state index contributed by atoms with van der Waals surface area (Å²) in [7, 11) is 1.43. The lowest BCUT2D eigenvalue weighted by molar-refractivity contribution is -0.140. The summed E-state index contributed by atoms with van der Waals surface area (Å²) in [6.45, 7) is 0. The number of carbonyl (C=O) groups excluding carboxylic acids is 1. The Kier molecular flexibility index (Phi) is 3.57. The summed E-state index contributed by atoms with van der Waals surface area (Å²) in [6.07, 6.45) is 2.30. The molecule has 0 atom stereocenters. The van der Waals surface area contributed by atoms with E-state index in [1.165, 1.54) is 22.8 Å².